The summed E-state index contributed by atoms with van der Waals surface area (Å²) in [7, 11) is 2.00. The van der Waals surface area contributed by atoms with E-state index >= 15 is 0 Å². The number of aliphatic hydroxyl groups excluding tert-OH is 2. The van der Waals surface area contributed by atoms with Gasteiger partial charge in [-0.2, -0.15) is 23.8 Å². The molecule has 0 fully saturated rings. The Morgan fingerprint density at radius 2 is 1.53 bits per heavy atom. The van der Waals surface area contributed by atoms with E-state index in [0.717, 1.165) is 20.6 Å². The van der Waals surface area contributed by atoms with Crippen molar-refractivity contribution in [2.24, 2.45) is 0 Å². The summed E-state index contributed by atoms with van der Waals surface area (Å²) in [5.41, 5.74) is 6.78. The third-order valence-electron chi connectivity index (χ3n) is 2.85. The van der Waals surface area contributed by atoms with Crippen molar-refractivity contribution in [1.29, 1.82) is 0 Å². The molecule has 3 heteroatoms. The van der Waals surface area contributed by atoms with Crippen LogP contribution in [0.3, 0.4) is 0 Å². The molecule has 2 aromatic rings. The van der Waals surface area contributed by atoms with E-state index in [0.29, 0.717) is 0 Å². The van der Waals surface area contributed by atoms with Gasteiger partial charge in [-0.15, -0.1) is 11.1 Å². The van der Waals surface area contributed by atoms with Crippen LogP contribution in [0.4, 0.5) is 0 Å². The molecule has 3 rings (SSSR count). The molecule has 100 valence electrons. The van der Waals surface area contributed by atoms with Crippen LogP contribution in [0.1, 0.15) is 16.7 Å². The number of fused-ring (bicyclic) bond motifs is 3. The number of rotatable bonds is 0. The second kappa shape index (κ2) is 9.05. The summed E-state index contributed by atoms with van der Waals surface area (Å²) in [6, 6.07) is 16.4. The van der Waals surface area contributed by atoms with E-state index in [4.69, 9.17) is 10.2 Å². The Kier molecular flexibility index (Phi) is 8.61. The van der Waals surface area contributed by atoms with Crippen molar-refractivity contribution in [3.63, 3.8) is 0 Å². The monoisotopic (exact) mass is 291 g/mol. The standard InChI is InChI=1S/C14H11.2CH4O.Ti/c1-10-6-7-14-12(8-10)9-11-4-2-3-5-13(11)14;2*1-2;/h2-7H,9H2,1H3;2*2H,1H3;/q-1;;;. The third kappa shape index (κ3) is 4.02. The first kappa shape index (κ1) is 18.1. The molecule has 0 saturated heterocycles. The fourth-order valence-corrected chi connectivity index (χ4v) is 2.18. The van der Waals surface area contributed by atoms with Crippen LogP contribution < -0.4 is 0 Å². The van der Waals surface area contributed by atoms with E-state index in [9.17, 15) is 0 Å². The number of hydrogen-bond donors (Lipinski definition) is 2. The molecule has 0 heterocycles. The largest absolute Gasteiger partial charge is 0.400 e. The Labute approximate surface area is 130 Å². The molecule has 2 nitrogen and oxygen atoms in total. The van der Waals surface area contributed by atoms with Gasteiger partial charge in [0.25, 0.3) is 0 Å². The minimum Gasteiger partial charge on any atom is -0.400 e. The molecular weight excluding hydrogens is 272 g/mol. The van der Waals surface area contributed by atoms with Gasteiger partial charge in [0.05, 0.1) is 0 Å². The van der Waals surface area contributed by atoms with Gasteiger partial charge < -0.3 is 10.2 Å². The van der Waals surface area contributed by atoms with Crippen LogP contribution in [0, 0.1) is 13.0 Å². The Bertz CT molecular complexity index is 510. The summed E-state index contributed by atoms with van der Waals surface area (Å²) in [6.45, 7) is 2.10. The maximum absolute atomic E-state index is 7.00. The molecule has 0 unspecified atom stereocenters. The maximum atomic E-state index is 7.00. The smallest absolute Gasteiger partial charge is 0.0319 e. The van der Waals surface area contributed by atoms with Crippen LogP contribution in [-0.4, -0.2) is 24.4 Å². The molecule has 1 aliphatic rings. The van der Waals surface area contributed by atoms with Gasteiger partial charge in [-0.1, -0.05) is 42.3 Å². The first-order valence-corrected chi connectivity index (χ1v) is 5.84. The molecule has 2 aromatic carbocycles. The summed E-state index contributed by atoms with van der Waals surface area (Å²) in [5.74, 6) is 0. The minimum atomic E-state index is 0. The van der Waals surface area contributed by atoms with Crippen molar-refractivity contribution >= 4 is 0 Å². The molecule has 1 aliphatic carbocycles. The van der Waals surface area contributed by atoms with Crippen molar-refractivity contribution in [2.75, 3.05) is 14.2 Å². The van der Waals surface area contributed by atoms with Crippen molar-refractivity contribution in [3.8, 4) is 11.1 Å². The Hall–Kier alpha value is -0.926. The van der Waals surface area contributed by atoms with Gasteiger partial charge in [0.2, 0.25) is 0 Å². The zero-order valence-corrected chi connectivity index (χ0v) is 13.1. The van der Waals surface area contributed by atoms with E-state index in [1.807, 2.05) is 0 Å². The Morgan fingerprint density at radius 1 is 0.895 bits per heavy atom. The molecule has 0 amide bonds. The van der Waals surface area contributed by atoms with Crippen LogP contribution in [0.2, 0.25) is 0 Å². The second-order valence-electron chi connectivity index (χ2n) is 3.87. The van der Waals surface area contributed by atoms with E-state index in [1.165, 1.54) is 27.8 Å². The summed E-state index contributed by atoms with van der Waals surface area (Å²) in [4.78, 5) is 0. The van der Waals surface area contributed by atoms with Gasteiger partial charge in [-0.25, -0.2) is 0 Å². The van der Waals surface area contributed by atoms with Gasteiger partial charge >= 0.3 is 0 Å². The number of benzene rings is 2. The summed E-state index contributed by atoms with van der Waals surface area (Å²) >= 11 is 0. The molecule has 0 aliphatic heterocycles. The summed E-state index contributed by atoms with van der Waals surface area (Å²) in [6.07, 6.45) is 1.05. The topological polar surface area (TPSA) is 40.5 Å². The number of aliphatic hydroxyl groups is 2. The fraction of sp³-hybridized carbons (Fsp3) is 0.250. The molecular formula is C16H19O2Ti-. The van der Waals surface area contributed by atoms with E-state index < -0.39 is 0 Å². The summed E-state index contributed by atoms with van der Waals surface area (Å²) in [5, 5.41) is 14.0. The van der Waals surface area contributed by atoms with E-state index in [-0.39, 0.29) is 21.7 Å². The van der Waals surface area contributed by atoms with Crippen molar-refractivity contribution in [2.45, 2.75) is 13.3 Å². The fourth-order valence-electron chi connectivity index (χ4n) is 2.18. The average Bonchev–Trinajstić information content (AvgIpc) is 2.80. The molecule has 19 heavy (non-hydrogen) atoms. The number of aryl methyl sites for hydroxylation is 1. The van der Waals surface area contributed by atoms with Crippen LogP contribution in [0.5, 0.6) is 0 Å². The van der Waals surface area contributed by atoms with Crippen LogP contribution in [0.15, 0.2) is 36.4 Å². The first-order valence-electron chi connectivity index (χ1n) is 5.84. The van der Waals surface area contributed by atoms with Crippen LogP contribution in [0.25, 0.3) is 11.1 Å². The SMILES string of the molecule is CO.CO.Cc1[c-]c2c(cc1)-c1ccccc1C2.[Ti]. The molecule has 0 aromatic heterocycles. The zero-order valence-electron chi connectivity index (χ0n) is 11.6. The van der Waals surface area contributed by atoms with Crippen molar-refractivity contribution in [1.82, 2.24) is 0 Å². The molecule has 2 N–H and O–H groups in total. The molecule has 0 spiro atoms. The van der Waals surface area contributed by atoms with Gasteiger partial charge in [0.15, 0.2) is 0 Å². The average molecular weight is 291 g/mol. The van der Waals surface area contributed by atoms with Gasteiger partial charge in [-0.3, -0.25) is 0 Å². The predicted molar refractivity (Wildman–Crippen MR) is 74.5 cm³/mol. The van der Waals surface area contributed by atoms with Crippen LogP contribution >= 0.6 is 0 Å². The van der Waals surface area contributed by atoms with Crippen molar-refractivity contribution < 1.29 is 31.9 Å². The molecule has 0 saturated carbocycles. The maximum Gasteiger partial charge on any atom is 0.0319 e. The minimum absolute atomic E-state index is 0. The van der Waals surface area contributed by atoms with Gasteiger partial charge in [-0.05, 0) is 6.42 Å². The normalized spacial score (nSPS) is 9.74. The van der Waals surface area contributed by atoms with E-state index in [1.54, 1.807) is 0 Å². The van der Waals surface area contributed by atoms with Gasteiger partial charge in [0.1, 0.15) is 0 Å². The summed E-state index contributed by atoms with van der Waals surface area (Å²) < 4.78 is 0. The molecule has 0 atom stereocenters. The molecule has 0 radical (unpaired) electrons. The van der Waals surface area contributed by atoms with E-state index in [2.05, 4.69) is 49.4 Å². The number of hydrogen-bond acceptors (Lipinski definition) is 2. The second-order valence-corrected chi connectivity index (χ2v) is 3.87. The first-order chi connectivity index (χ1) is 8.84. The quantitative estimate of drug-likeness (QED) is 0.494. The van der Waals surface area contributed by atoms with Crippen molar-refractivity contribution in [3.05, 3.63) is 59.2 Å². The molecule has 0 bridgehead atoms. The Morgan fingerprint density at radius 3 is 2.21 bits per heavy atom. The van der Waals surface area contributed by atoms with Crippen LogP contribution in [-0.2, 0) is 28.1 Å². The Balaban J connectivity index is 0.000000597. The van der Waals surface area contributed by atoms with Gasteiger partial charge in [0, 0.05) is 35.9 Å². The third-order valence-corrected chi connectivity index (χ3v) is 2.85. The zero-order chi connectivity index (χ0) is 13.5. The predicted octanol–water partition coefficient (Wildman–Crippen LogP) is 2.58.